The van der Waals surface area contributed by atoms with E-state index in [1.165, 1.54) is 64.2 Å². The van der Waals surface area contributed by atoms with Gasteiger partial charge in [0.2, 0.25) is 0 Å². The van der Waals surface area contributed by atoms with Crippen molar-refractivity contribution in [2.24, 2.45) is 0 Å². The third-order valence-corrected chi connectivity index (χ3v) is 10.7. The van der Waals surface area contributed by atoms with E-state index in [-0.39, 0.29) is 19.3 Å². The van der Waals surface area contributed by atoms with E-state index in [4.69, 9.17) is 23.8 Å². The van der Waals surface area contributed by atoms with Crippen LogP contribution >= 0.6 is 15.6 Å². The summed E-state index contributed by atoms with van der Waals surface area (Å²) in [5.74, 6) is -1.31. The Kier molecular flexibility index (Phi) is 39.6. The summed E-state index contributed by atoms with van der Waals surface area (Å²) in [6.45, 7) is 1.38. The van der Waals surface area contributed by atoms with E-state index in [9.17, 15) is 33.8 Å². The van der Waals surface area contributed by atoms with E-state index in [0.717, 1.165) is 57.8 Å². The molecule has 16 heteroatoms. The van der Waals surface area contributed by atoms with Crippen LogP contribution in [0, 0.1) is 0 Å². The van der Waals surface area contributed by atoms with E-state index in [1.54, 1.807) is 18.2 Å². The molecule has 2 unspecified atom stereocenters. The normalized spacial score (nSPS) is 15.1. The van der Waals surface area contributed by atoms with Crippen molar-refractivity contribution in [3.63, 3.8) is 0 Å². The van der Waals surface area contributed by atoms with Gasteiger partial charge in [-0.25, -0.2) is 9.13 Å². The summed E-state index contributed by atoms with van der Waals surface area (Å²) in [7, 11) is -9.75. The van der Waals surface area contributed by atoms with Crippen LogP contribution in [0.15, 0.2) is 72.9 Å². The molecule has 14 nitrogen and oxygen atoms in total. The van der Waals surface area contributed by atoms with Crippen molar-refractivity contribution in [2.45, 2.75) is 180 Å². The number of rotatable bonds is 42. The molecule has 0 aliphatic rings. The number of aliphatic hydroxyl groups excluding tert-OH is 2. The molecular weight excluding hydrogens is 838 g/mol. The van der Waals surface area contributed by atoms with Crippen molar-refractivity contribution < 1.29 is 66.7 Å². The molecule has 0 aliphatic carbocycles. The number of carbonyl (C=O) groups excluding carboxylic acids is 2. The Balaban J connectivity index is 4.71. The highest BCUT2D eigenvalue weighted by molar-refractivity contribution is 7.47. The first kappa shape index (κ1) is 59.5. The number of aliphatic hydroxyl groups is 2. The van der Waals surface area contributed by atoms with Gasteiger partial charge in [-0.2, -0.15) is 0 Å². The zero-order valence-corrected chi connectivity index (χ0v) is 39.3. The monoisotopic (exact) mass is 919 g/mol. The predicted molar refractivity (Wildman–Crippen MR) is 245 cm³/mol. The molecule has 0 spiro atoms. The van der Waals surface area contributed by atoms with Crippen LogP contribution in [0.2, 0.25) is 0 Å². The number of allylic oxidation sites excluding steroid dienone is 11. The average Bonchev–Trinajstić information content (AvgIpc) is 3.23. The van der Waals surface area contributed by atoms with E-state index < -0.39 is 72.3 Å². The zero-order valence-electron chi connectivity index (χ0n) is 37.6. The topological polar surface area (TPSA) is 216 Å². The maximum Gasteiger partial charge on any atom is 0.472 e. The summed E-state index contributed by atoms with van der Waals surface area (Å²) >= 11 is 0. The number of hydrogen-bond donors (Lipinski definition) is 5. The molecule has 0 bridgehead atoms. The summed E-state index contributed by atoms with van der Waals surface area (Å²) in [5.41, 5.74) is 0. The molecular formula is C46H80O14P2. The number of carbonyl (C=O) groups is 2. The van der Waals surface area contributed by atoms with Gasteiger partial charge in [-0.1, -0.05) is 177 Å². The van der Waals surface area contributed by atoms with Gasteiger partial charge in [0.25, 0.3) is 0 Å². The minimum absolute atomic E-state index is 0.0634. The first-order valence-electron chi connectivity index (χ1n) is 22.7. The summed E-state index contributed by atoms with van der Waals surface area (Å²) in [6.07, 6.45) is 42.2. The van der Waals surface area contributed by atoms with E-state index in [0.29, 0.717) is 6.42 Å². The minimum atomic E-state index is -4.89. The molecule has 0 radical (unpaired) electrons. The second-order valence-corrected chi connectivity index (χ2v) is 17.8. The van der Waals surface area contributed by atoms with Crippen LogP contribution in [0.5, 0.6) is 0 Å². The molecule has 5 N–H and O–H groups in total. The number of esters is 2. The largest absolute Gasteiger partial charge is 0.472 e. The van der Waals surface area contributed by atoms with E-state index in [2.05, 4.69) is 71.5 Å². The molecule has 0 aliphatic heterocycles. The molecule has 0 aromatic rings. The Bertz CT molecular complexity index is 1390. The van der Waals surface area contributed by atoms with Gasteiger partial charge in [0, 0.05) is 12.8 Å². The first-order chi connectivity index (χ1) is 29.8. The Morgan fingerprint density at radius 3 is 1.52 bits per heavy atom. The molecule has 358 valence electrons. The van der Waals surface area contributed by atoms with Crippen molar-refractivity contribution >= 4 is 27.6 Å². The molecule has 0 amide bonds. The van der Waals surface area contributed by atoms with Crippen molar-refractivity contribution in [2.75, 3.05) is 26.4 Å². The van der Waals surface area contributed by atoms with Crippen molar-refractivity contribution in [1.82, 2.24) is 0 Å². The van der Waals surface area contributed by atoms with Crippen LogP contribution in [-0.2, 0) is 41.8 Å². The molecule has 62 heavy (non-hydrogen) atoms. The lowest BCUT2D eigenvalue weighted by atomic mass is 10.0. The van der Waals surface area contributed by atoms with Crippen molar-refractivity contribution in [1.29, 1.82) is 0 Å². The van der Waals surface area contributed by atoms with Crippen molar-refractivity contribution in [3.8, 4) is 0 Å². The molecule has 0 heterocycles. The second kappa shape index (κ2) is 41.2. The second-order valence-electron chi connectivity index (χ2n) is 15.2. The van der Waals surface area contributed by atoms with Crippen LogP contribution in [-0.4, -0.2) is 81.6 Å². The Hall–Kier alpha value is -2.48. The number of unbranched alkanes of at least 4 members (excludes halogenated alkanes) is 14. The molecule has 0 saturated carbocycles. The lowest BCUT2D eigenvalue weighted by molar-refractivity contribution is -0.161. The van der Waals surface area contributed by atoms with Gasteiger partial charge in [0.05, 0.1) is 25.9 Å². The minimum Gasteiger partial charge on any atom is -0.462 e. The van der Waals surface area contributed by atoms with Crippen LogP contribution in [0.4, 0.5) is 0 Å². The lowest BCUT2D eigenvalue weighted by Crippen LogP contribution is -2.30. The van der Waals surface area contributed by atoms with Gasteiger partial charge < -0.3 is 34.4 Å². The third kappa shape index (κ3) is 44.1. The summed E-state index contributed by atoms with van der Waals surface area (Å²) < 4.78 is 47.6. The van der Waals surface area contributed by atoms with Gasteiger partial charge in [0.1, 0.15) is 12.7 Å². The summed E-state index contributed by atoms with van der Waals surface area (Å²) in [5, 5.41) is 20.0. The van der Waals surface area contributed by atoms with Crippen LogP contribution < -0.4 is 0 Å². The fraction of sp³-hybridized carbons (Fsp3) is 0.696. The van der Waals surface area contributed by atoms with Crippen LogP contribution in [0.1, 0.15) is 162 Å². The molecule has 0 fully saturated rings. The number of phosphoric acid groups is 2. The Labute approximate surface area is 372 Å². The Morgan fingerprint density at radius 2 is 1.00 bits per heavy atom. The van der Waals surface area contributed by atoms with Crippen molar-refractivity contribution in [3.05, 3.63) is 72.9 Å². The molecule has 0 aromatic carbocycles. The quantitative estimate of drug-likeness (QED) is 0.0127. The van der Waals surface area contributed by atoms with Gasteiger partial charge in [-0.3, -0.25) is 23.2 Å². The van der Waals surface area contributed by atoms with E-state index >= 15 is 0 Å². The van der Waals surface area contributed by atoms with Gasteiger partial charge in [-0.05, 0) is 44.9 Å². The standard InChI is InChI=1S/C46H80O14P2/c1-3-5-7-9-11-13-15-17-19-21-22-24-26-28-30-32-34-42(47)36-37-45(49)56-40-44(41-59-62(54,55)58-39-43(48)38-57-61(51,52)53)60-46(50)35-33-31-29-27-25-23-20-18-16-14-12-10-8-6-4-2/h5,7,11,13,17,19,22,24,28,30,32,34,42-44,47-48H,3-4,6,8-10,12,14-16,18,20-21,23,25-27,29,31,33,35-41H2,1-2H3,(H,54,55)(H2,51,52,53)/b7-5-,13-11-,19-17-,24-22-,30-28-,34-32-/t42?,43-,44+/m0/s1. The fourth-order valence-corrected chi connectivity index (χ4v) is 6.91. The average molecular weight is 919 g/mol. The highest BCUT2D eigenvalue weighted by Crippen LogP contribution is 2.43. The highest BCUT2D eigenvalue weighted by atomic mass is 31.2. The van der Waals surface area contributed by atoms with Crippen LogP contribution in [0.3, 0.4) is 0 Å². The van der Waals surface area contributed by atoms with E-state index in [1.807, 2.05) is 6.08 Å². The molecule has 0 saturated heterocycles. The number of ether oxygens (including phenoxy) is 2. The lowest BCUT2D eigenvalue weighted by Gasteiger charge is -2.20. The third-order valence-electron chi connectivity index (χ3n) is 9.22. The maximum atomic E-state index is 12.7. The van der Waals surface area contributed by atoms with Gasteiger partial charge in [-0.15, -0.1) is 0 Å². The first-order valence-corrected chi connectivity index (χ1v) is 25.8. The summed E-state index contributed by atoms with van der Waals surface area (Å²) in [6, 6.07) is 0. The van der Waals surface area contributed by atoms with Crippen LogP contribution in [0.25, 0.3) is 0 Å². The summed E-state index contributed by atoms with van der Waals surface area (Å²) in [4.78, 5) is 52.8. The highest BCUT2D eigenvalue weighted by Gasteiger charge is 2.28. The number of phosphoric ester groups is 2. The maximum absolute atomic E-state index is 12.7. The number of hydrogen-bond acceptors (Lipinski definition) is 11. The zero-order chi connectivity index (χ0) is 46.0. The van der Waals surface area contributed by atoms with Gasteiger partial charge in [0.15, 0.2) is 6.10 Å². The van der Waals surface area contributed by atoms with Gasteiger partial charge >= 0.3 is 27.6 Å². The molecule has 0 rings (SSSR count). The Morgan fingerprint density at radius 1 is 0.532 bits per heavy atom. The SMILES string of the molecule is CC/C=C\C/C=C\C/C=C\C/C=C\C/C=C\C=C/C(O)CCC(=O)OC[C@H](COP(=O)(O)OC[C@@H](O)COP(=O)(O)O)OC(=O)CCCCCCCCCCCCCCCCC. The predicted octanol–water partition coefficient (Wildman–Crippen LogP) is 10.8. The molecule has 4 atom stereocenters. The smallest absolute Gasteiger partial charge is 0.462 e. The molecule has 0 aromatic heterocycles. The fourth-order valence-electron chi connectivity index (χ4n) is 5.75.